The summed E-state index contributed by atoms with van der Waals surface area (Å²) in [5.41, 5.74) is 3.44. The quantitative estimate of drug-likeness (QED) is 0.942. The monoisotopic (exact) mass is 322 g/mol. The number of anilines is 1. The van der Waals surface area contributed by atoms with Gasteiger partial charge in [-0.25, -0.2) is 9.97 Å². The van der Waals surface area contributed by atoms with Crippen molar-refractivity contribution in [3.8, 4) is 0 Å². The highest BCUT2D eigenvalue weighted by Gasteiger charge is 2.25. The Morgan fingerprint density at radius 2 is 2.00 bits per heavy atom. The third-order valence-corrected chi connectivity index (χ3v) is 4.98. The van der Waals surface area contributed by atoms with Gasteiger partial charge >= 0.3 is 0 Å². The van der Waals surface area contributed by atoms with E-state index >= 15 is 0 Å². The molecule has 2 aliphatic rings. The Labute approximate surface area is 142 Å². The SMILES string of the molecule is O=C(N[C@@H]1CCCN(c2ncccn2)C1)c1cccc2c1CCC2. The maximum absolute atomic E-state index is 12.8. The zero-order valence-electron chi connectivity index (χ0n) is 13.7. The molecule has 1 amide bonds. The number of benzene rings is 1. The van der Waals surface area contributed by atoms with Gasteiger partial charge in [-0.05, 0) is 55.4 Å². The molecule has 0 radical (unpaired) electrons. The highest BCUT2D eigenvalue weighted by molar-refractivity contribution is 5.96. The molecule has 1 N–H and O–H groups in total. The summed E-state index contributed by atoms with van der Waals surface area (Å²) in [5.74, 6) is 0.812. The molecule has 1 aliphatic carbocycles. The van der Waals surface area contributed by atoms with E-state index in [-0.39, 0.29) is 11.9 Å². The van der Waals surface area contributed by atoms with E-state index in [0.717, 1.165) is 56.7 Å². The number of amides is 1. The number of aryl methyl sites for hydroxylation is 1. The van der Waals surface area contributed by atoms with Crippen molar-refractivity contribution in [3.63, 3.8) is 0 Å². The topological polar surface area (TPSA) is 58.1 Å². The Kier molecular flexibility index (Phi) is 4.15. The molecule has 1 aliphatic heterocycles. The molecule has 0 saturated carbocycles. The van der Waals surface area contributed by atoms with Crippen molar-refractivity contribution in [3.05, 3.63) is 53.3 Å². The van der Waals surface area contributed by atoms with Crippen molar-refractivity contribution in [1.29, 1.82) is 0 Å². The van der Waals surface area contributed by atoms with Crippen LogP contribution in [0, 0.1) is 0 Å². The third kappa shape index (κ3) is 2.98. The van der Waals surface area contributed by atoms with Crippen LogP contribution in [0.3, 0.4) is 0 Å². The first kappa shape index (κ1) is 15.1. The van der Waals surface area contributed by atoms with Gasteiger partial charge in [-0.1, -0.05) is 12.1 Å². The van der Waals surface area contributed by atoms with Crippen LogP contribution < -0.4 is 10.2 Å². The van der Waals surface area contributed by atoms with E-state index in [9.17, 15) is 4.79 Å². The predicted octanol–water partition coefficient (Wildman–Crippen LogP) is 2.36. The lowest BCUT2D eigenvalue weighted by atomic mass is 10.0. The van der Waals surface area contributed by atoms with Crippen LogP contribution in [0.25, 0.3) is 0 Å². The summed E-state index contributed by atoms with van der Waals surface area (Å²) in [6, 6.07) is 8.08. The Hall–Kier alpha value is -2.43. The molecule has 1 fully saturated rings. The lowest BCUT2D eigenvalue weighted by Crippen LogP contribution is -2.48. The molecule has 2 aromatic rings. The van der Waals surface area contributed by atoms with Gasteiger partial charge in [0.2, 0.25) is 5.95 Å². The fourth-order valence-electron chi connectivity index (χ4n) is 3.83. The number of nitrogens with zero attached hydrogens (tertiary/aromatic N) is 3. The number of piperidine rings is 1. The maximum atomic E-state index is 12.8. The number of rotatable bonds is 3. The van der Waals surface area contributed by atoms with Crippen LogP contribution in [-0.4, -0.2) is 35.0 Å². The number of nitrogens with one attached hydrogen (secondary N) is 1. The molecule has 0 spiro atoms. The van der Waals surface area contributed by atoms with E-state index in [0.29, 0.717) is 0 Å². The molecule has 1 saturated heterocycles. The molecule has 24 heavy (non-hydrogen) atoms. The van der Waals surface area contributed by atoms with Gasteiger partial charge in [0.1, 0.15) is 0 Å². The molecule has 5 nitrogen and oxygen atoms in total. The van der Waals surface area contributed by atoms with Crippen molar-refractivity contribution in [2.24, 2.45) is 0 Å². The van der Waals surface area contributed by atoms with Crippen LogP contribution in [0.5, 0.6) is 0 Å². The molecule has 0 bridgehead atoms. The second kappa shape index (κ2) is 6.59. The summed E-state index contributed by atoms with van der Waals surface area (Å²) in [7, 11) is 0. The highest BCUT2D eigenvalue weighted by atomic mass is 16.1. The number of carbonyl (C=O) groups is 1. The highest BCUT2D eigenvalue weighted by Crippen LogP contribution is 2.25. The second-order valence-electron chi connectivity index (χ2n) is 6.60. The minimum atomic E-state index is 0.0644. The average Bonchev–Trinajstić information content (AvgIpc) is 3.11. The molecular weight excluding hydrogens is 300 g/mol. The molecule has 4 rings (SSSR count). The first-order valence-electron chi connectivity index (χ1n) is 8.75. The Morgan fingerprint density at radius 3 is 2.88 bits per heavy atom. The van der Waals surface area contributed by atoms with Crippen molar-refractivity contribution in [2.75, 3.05) is 18.0 Å². The zero-order chi connectivity index (χ0) is 16.4. The van der Waals surface area contributed by atoms with Crippen molar-refractivity contribution >= 4 is 11.9 Å². The third-order valence-electron chi connectivity index (χ3n) is 4.98. The molecule has 0 unspecified atom stereocenters. The van der Waals surface area contributed by atoms with Crippen molar-refractivity contribution in [2.45, 2.75) is 38.1 Å². The molecule has 1 aromatic heterocycles. The summed E-state index contributed by atoms with van der Waals surface area (Å²) in [4.78, 5) is 23.6. The Bertz CT molecular complexity index is 731. The predicted molar refractivity (Wildman–Crippen MR) is 93.2 cm³/mol. The summed E-state index contributed by atoms with van der Waals surface area (Å²) >= 11 is 0. The second-order valence-corrected chi connectivity index (χ2v) is 6.60. The van der Waals surface area contributed by atoms with E-state index in [1.807, 2.05) is 18.2 Å². The molecule has 1 atom stereocenters. The van der Waals surface area contributed by atoms with E-state index in [1.165, 1.54) is 11.1 Å². The number of hydrogen-bond acceptors (Lipinski definition) is 4. The van der Waals surface area contributed by atoms with Gasteiger partial charge in [0.25, 0.3) is 5.91 Å². The molecule has 124 valence electrons. The number of carbonyl (C=O) groups excluding carboxylic acids is 1. The van der Waals surface area contributed by atoms with Crippen LogP contribution in [0.1, 0.15) is 40.7 Å². The van der Waals surface area contributed by atoms with Gasteiger partial charge in [-0.2, -0.15) is 0 Å². The smallest absolute Gasteiger partial charge is 0.251 e. The molecular formula is C19H22N4O. The van der Waals surface area contributed by atoms with Crippen LogP contribution in [0.4, 0.5) is 5.95 Å². The van der Waals surface area contributed by atoms with Gasteiger partial charge in [0.05, 0.1) is 0 Å². The Morgan fingerprint density at radius 1 is 1.12 bits per heavy atom. The van der Waals surface area contributed by atoms with E-state index in [1.54, 1.807) is 12.4 Å². The van der Waals surface area contributed by atoms with Gasteiger partial charge in [0, 0.05) is 37.1 Å². The minimum absolute atomic E-state index is 0.0644. The number of fused-ring (bicyclic) bond motifs is 1. The van der Waals surface area contributed by atoms with Crippen LogP contribution >= 0.6 is 0 Å². The molecule has 5 heteroatoms. The van der Waals surface area contributed by atoms with Crippen LogP contribution in [-0.2, 0) is 12.8 Å². The summed E-state index contributed by atoms with van der Waals surface area (Å²) in [5, 5.41) is 3.23. The lowest BCUT2D eigenvalue weighted by molar-refractivity contribution is 0.0932. The van der Waals surface area contributed by atoms with Gasteiger partial charge in [-0.15, -0.1) is 0 Å². The van der Waals surface area contributed by atoms with Crippen molar-refractivity contribution in [1.82, 2.24) is 15.3 Å². The van der Waals surface area contributed by atoms with Gasteiger partial charge in [0.15, 0.2) is 0 Å². The fourth-order valence-corrected chi connectivity index (χ4v) is 3.83. The van der Waals surface area contributed by atoms with Crippen LogP contribution in [0.15, 0.2) is 36.7 Å². The van der Waals surface area contributed by atoms with E-state index in [4.69, 9.17) is 0 Å². The van der Waals surface area contributed by atoms with Gasteiger partial charge in [-0.3, -0.25) is 4.79 Å². The Balaban J connectivity index is 1.45. The van der Waals surface area contributed by atoms with Crippen LogP contribution in [0.2, 0.25) is 0 Å². The van der Waals surface area contributed by atoms with Gasteiger partial charge < -0.3 is 10.2 Å². The maximum Gasteiger partial charge on any atom is 0.251 e. The molecule has 2 heterocycles. The number of hydrogen-bond donors (Lipinski definition) is 1. The standard InChI is InChI=1S/C19H22N4O/c24-18(17-9-2-6-14-5-1-8-16(14)17)22-15-7-3-12-23(13-15)19-20-10-4-11-21-19/h2,4,6,9-11,15H,1,3,5,7-8,12-13H2,(H,22,24)/t15-/m1/s1. The summed E-state index contributed by atoms with van der Waals surface area (Å²) in [6.07, 6.45) is 8.84. The minimum Gasteiger partial charge on any atom is -0.348 e. The average molecular weight is 322 g/mol. The summed E-state index contributed by atoms with van der Waals surface area (Å²) in [6.45, 7) is 1.71. The summed E-state index contributed by atoms with van der Waals surface area (Å²) < 4.78 is 0. The first-order chi connectivity index (χ1) is 11.8. The molecule has 1 aromatic carbocycles. The zero-order valence-corrected chi connectivity index (χ0v) is 13.7. The normalized spacial score (nSPS) is 19.8. The fraction of sp³-hybridized carbons (Fsp3) is 0.421. The first-order valence-corrected chi connectivity index (χ1v) is 8.75. The number of aromatic nitrogens is 2. The lowest BCUT2D eigenvalue weighted by Gasteiger charge is -2.33. The van der Waals surface area contributed by atoms with Crippen molar-refractivity contribution < 1.29 is 4.79 Å². The van der Waals surface area contributed by atoms with E-state index in [2.05, 4.69) is 26.3 Å². The largest absolute Gasteiger partial charge is 0.348 e. The van der Waals surface area contributed by atoms with E-state index < -0.39 is 0 Å².